The summed E-state index contributed by atoms with van der Waals surface area (Å²) < 4.78 is 5.29. The summed E-state index contributed by atoms with van der Waals surface area (Å²) in [6.45, 7) is 5.16. The molecule has 1 fully saturated rings. The van der Waals surface area contributed by atoms with Gasteiger partial charge in [-0.25, -0.2) is 0 Å². The van der Waals surface area contributed by atoms with Crippen LogP contribution < -0.4 is 5.73 Å². The minimum absolute atomic E-state index is 0.0531. The Balaban J connectivity index is 2.21. The summed E-state index contributed by atoms with van der Waals surface area (Å²) in [5, 5.41) is 0. The third kappa shape index (κ3) is 5.56. The molecule has 0 aliphatic carbocycles. The molecule has 106 valence electrons. The van der Waals surface area contributed by atoms with E-state index in [1.807, 2.05) is 13.3 Å². The number of thioether (sulfide) groups is 1. The number of morpholine rings is 1. The Kier molecular flexibility index (Phi) is 7.65. The highest BCUT2D eigenvalue weighted by Crippen LogP contribution is 2.02. The summed E-state index contributed by atoms with van der Waals surface area (Å²) in [5.41, 5.74) is 5.87. The van der Waals surface area contributed by atoms with Crippen molar-refractivity contribution in [2.45, 2.75) is 12.5 Å². The van der Waals surface area contributed by atoms with Gasteiger partial charge in [-0.1, -0.05) is 0 Å². The number of ether oxygens (including phenoxy) is 1. The van der Waals surface area contributed by atoms with E-state index >= 15 is 0 Å². The molecule has 1 saturated heterocycles. The molecule has 1 rings (SSSR count). The van der Waals surface area contributed by atoms with Crippen LogP contribution in [-0.2, 0) is 9.53 Å². The van der Waals surface area contributed by atoms with Gasteiger partial charge in [0.25, 0.3) is 0 Å². The minimum atomic E-state index is -0.355. The Morgan fingerprint density at radius 3 is 2.78 bits per heavy atom. The Labute approximate surface area is 114 Å². The maximum atomic E-state index is 12.0. The second-order valence-corrected chi connectivity index (χ2v) is 5.59. The van der Waals surface area contributed by atoms with Gasteiger partial charge in [0, 0.05) is 33.2 Å². The standard InChI is InChI=1S/C12H25N3O2S/c1-14(12(16)11(13)3-10-18-2)4-5-15-6-8-17-9-7-15/h11H,3-10,13H2,1-2H3. The van der Waals surface area contributed by atoms with E-state index in [-0.39, 0.29) is 11.9 Å². The normalized spacial score (nSPS) is 18.6. The highest BCUT2D eigenvalue weighted by atomic mass is 32.2. The second-order valence-electron chi connectivity index (χ2n) is 4.60. The maximum absolute atomic E-state index is 12.0. The van der Waals surface area contributed by atoms with Gasteiger partial charge in [0.1, 0.15) is 0 Å². The third-order valence-electron chi connectivity index (χ3n) is 3.18. The molecule has 18 heavy (non-hydrogen) atoms. The lowest BCUT2D eigenvalue weighted by molar-refractivity contribution is -0.131. The van der Waals surface area contributed by atoms with Gasteiger partial charge in [-0.3, -0.25) is 9.69 Å². The topological polar surface area (TPSA) is 58.8 Å². The third-order valence-corrected chi connectivity index (χ3v) is 3.83. The van der Waals surface area contributed by atoms with Gasteiger partial charge in [-0.15, -0.1) is 0 Å². The van der Waals surface area contributed by atoms with Crippen molar-refractivity contribution in [3.8, 4) is 0 Å². The first-order valence-corrected chi connectivity index (χ1v) is 7.84. The van der Waals surface area contributed by atoms with Crippen LogP contribution in [0.4, 0.5) is 0 Å². The number of carbonyl (C=O) groups is 1. The second kappa shape index (κ2) is 8.74. The van der Waals surface area contributed by atoms with Gasteiger partial charge < -0.3 is 15.4 Å². The number of amides is 1. The van der Waals surface area contributed by atoms with Gasteiger partial charge >= 0.3 is 0 Å². The Morgan fingerprint density at radius 2 is 2.17 bits per heavy atom. The molecule has 0 radical (unpaired) electrons. The van der Waals surface area contributed by atoms with E-state index in [0.717, 1.165) is 51.6 Å². The average molecular weight is 275 g/mol. The van der Waals surface area contributed by atoms with Crippen LogP contribution in [-0.4, -0.2) is 80.2 Å². The van der Waals surface area contributed by atoms with Crippen LogP contribution in [0.15, 0.2) is 0 Å². The van der Waals surface area contributed by atoms with Crippen LogP contribution in [0.3, 0.4) is 0 Å². The molecule has 0 aromatic carbocycles. The number of hydrogen-bond acceptors (Lipinski definition) is 5. The molecule has 0 aromatic heterocycles. The molecule has 5 nitrogen and oxygen atoms in total. The van der Waals surface area contributed by atoms with Crippen molar-refractivity contribution in [2.75, 3.05) is 58.4 Å². The van der Waals surface area contributed by atoms with E-state index in [1.54, 1.807) is 16.7 Å². The lowest BCUT2D eigenvalue weighted by atomic mass is 10.2. The zero-order valence-corrected chi connectivity index (χ0v) is 12.2. The van der Waals surface area contributed by atoms with Crippen LogP contribution in [0, 0.1) is 0 Å². The quantitative estimate of drug-likeness (QED) is 0.701. The van der Waals surface area contributed by atoms with E-state index in [4.69, 9.17) is 10.5 Å². The Bertz CT molecular complexity index is 247. The predicted molar refractivity (Wildman–Crippen MR) is 75.9 cm³/mol. The van der Waals surface area contributed by atoms with Crippen LogP contribution in [0.25, 0.3) is 0 Å². The van der Waals surface area contributed by atoms with Crippen molar-refractivity contribution in [3.05, 3.63) is 0 Å². The monoisotopic (exact) mass is 275 g/mol. The van der Waals surface area contributed by atoms with Gasteiger partial charge in [-0.2, -0.15) is 11.8 Å². The molecule has 1 aliphatic rings. The summed E-state index contributed by atoms with van der Waals surface area (Å²) in [5.74, 6) is 0.988. The first-order chi connectivity index (χ1) is 8.65. The molecular formula is C12H25N3O2S. The smallest absolute Gasteiger partial charge is 0.239 e. The van der Waals surface area contributed by atoms with Crippen molar-refractivity contribution in [3.63, 3.8) is 0 Å². The highest BCUT2D eigenvalue weighted by molar-refractivity contribution is 7.98. The zero-order chi connectivity index (χ0) is 13.4. The lowest BCUT2D eigenvalue weighted by Gasteiger charge is -2.29. The van der Waals surface area contributed by atoms with Crippen LogP contribution in [0.1, 0.15) is 6.42 Å². The van der Waals surface area contributed by atoms with Crippen molar-refractivity contribution in [2.24, 2.45) is 5.73 Å². The molecule has 1 amide bonds. The molecule has 1 heterocycles. The molecule has 0 saturated carbocycles. The Morgan fingerprint density at radius 1 is 1.50 bits per heavy atom. The maximum Gasteiger partial charge on any atom is 0.239 e. The predicted octanol–water partition coefficient (Wildman–Crippen LogP) is -0.143. The van der Waals surface area contributed by atoms with Gasteiger partial charge in [-0.05, 0) is 18.4 Å². The first kappa shape index (κ1) is 15.8. The number of carbonyl (C=O) groups excluding carboxylic acids is 1. The summed E-state index contributed by atoms with van der Waals surface area (Å²) in [6.07, 6.45) is 2.78. The summed E-state index contributed by atoms with van der Waals surface area (Å²) >= 11 is 1.72. The zero-order valence-electron chi connectivity index (χ0n) is 11.4. The average Bonchev–Trinajstić information content (AvgIpc) is 2.42. The summed E-state index contributed by atoms with van der Waals surface area (Å²) in [4.78, 5) is 16.0. The fourth-order valence-electron chi connectivity index (χ4n) is 1.88. The minimum Gasteiger partial charge on any atom is -0.379 e. The molecule has 0 spiro atoms. The van der Waals surface area contributed by atoms with Crippen molar-refractivity contribution in [1.82, 2.24) is 9.80 Å². The lowest BCUT2D eigenvalue weighted by Crippen LogP contribution is -2.46. The molecule has 2 N–H and O–H groups in total. The number of likely N-dealkylation sites (N-methyl/N-ethyl adjacent to an activating group) is 1. The van der Waals surface area contributed by atoms with Crippen LogP contribution >= 0.6 is 11.8 Å². The van der Waals surface area contributed by atoms with Crippen molar-refractivity contribution in [1.29, 1.82) is 0 Å². The Hall–Kier alpha value is -0.300. The molecule has 1 aliphatic heterocycles. The fraction of sp³-hybridized carbons (Fsp3) is 0.917. The van der Waals surface area contributed by atoms with E-state index in [1.165, 1.54) is 0 Å². The van der Waals surface area contributed by atoms with Gasteiger partial charge in [0.05, 0.1) is 19.3 Å². The molecule has 1 atom stereocenters. The molecular weight excluding hydrogens is 250 g/mol. The SMILES string of the molecule is CSCCC(N)C(=O)N(C)CCN1CCOCC1. The van der Waals surface area contributed by atoms with E-state index in [2.05, 4.69) is 4.90 Å². The number of nitrogens with two attached hydrogens (primary N) is 1. The van der Waals surface area contributed by atoms with Crippen LogP contribution in [0.2, 0.25) is 0 Å². The van der Waals surface area contributed by atoms with Crippen molar-refractivity contribution < 1.29 is 9.53 Å². The molecule has 0 bridgehead atoms. The summed E-state index contributed by atoms with van der Waals surface area (Å²) in [7, 11) is 1.84. The van der Waals surface area contributed by atoms with E-state index in [9.17, 15) is 4.79 Å². The van der Waals surface area contributed by atoms with Gasteiger partial charge in [0.15, 0.2) is 0 Å². The molecule has 1 unspecified atom stereocenters. The van der Waals surface area contributed by atoms with E-state index < -0.39 is 0 Å². The molecule has 0 aromatic rings. The van der Waals surface area contributed by atoms with Crippen molar-refractivity contribution >= 4 is 17.7 Å². The highest BCUT2D eigenvalue weighted by Gasteiger charge is 2.18. The first-order valence-electron chi connectivity index (χ1n) is 6.44. The van der Waals surface area contributed by atoms with Gasteiger partial charge in [0.2, 0.25) is 5.91 Å². The fourth-order valence-corrected chi connectivity index (χ4v) is 2.37. The van der Waals surface area contributed by atoms with E-state index in [0.29, 0.717) is 0 Å². The number of rotatable bonds is 7. The largest absolute Gasteiger partial charge is 0.379 e. The number of nitrogens with zero attached hydrogens (tertiary/aromatic N) is 2. The van der Waals surface area contributed by atoms with Crippen LogP contribution in [0.5, 0.6) is 0 Å². The summed E-state index contributed by atoms with van der Waals surface area (Å²) in [6, 6.07) is -0.355. The number of hydrogen-bond donors (Lipinski definition) is 1. The molecule has 6 heteroatoms.